The highest BCUT2D eigenvalue weighted by Gasteiger charge is 2.11. The molecule has 102 valence electrons. The Balaban J connectivity index is 2.08. The Morgan fingerprint density at radius 1 is 0.952 bits per heavy atom. The number of H-pyrrole nitrogens is 1. The van der Waals surface area contributed by atoms with Crippen molar-refractivity contribution in [1.29, 1.82) is 5.26 Å². The third-order valence-corrected chi connectivity index (χ3v) is 3.69. The molecule has 1 aromatic heterocycles. The van der Waals surface area contributed by atoms with E-state index in [1.165, 1.54) is 5.56 Å². The van der Waals surface area contributed by atoms with Crippen molar-refractivity contribution in [2.45, 2.75) is 6.92 Å². The van der Waals surface area contributed by atoms with Gasteiger partial charge in [-0.25, -0.2) is 0 Å². The maximum absolute atomic E-state index is 9.35. The van der Waals surface area contributed by atoms with Gasteiger partial charge in [0.15, 0.2) is 0 Å². The van der Waals surface area contributed by atoms with E-state index in [4.69, 9.17) is 11.6 Å². The first-order valence-electron chi connectivity index (χ1n) is 6.63. The zero-order chi connectivity index (χ0) is 14.8. The molecule has 0 atom stereocenters. The van der Waals surface area contributed by atoms with Gasteiger partial charge >= 0.3 is 0 Å². The zero-order valence-corrected chi connectivity index (χ0v) is 12.3. The average Bonchev–Trinajstić information content (AvgIpc) is 2.93. The molecule has 2 nitrogen and oxygen atoms in total. The normalized spacial score (nSPS) is 10.3. The number of benzene rings is 2. The number of aromatic nitrogens is 1. The first-order valence-corrected chi connectivity index (χ1v) is 7.01. The molecule has 0 bridgehead atoms. The Bertz CT molecular complexity index is 806. The van der Waals surface area contributed by atoms with Crippen LogP contribution in [0, 0.1) is 18.3 Å². The van der Waals surface area contributed by atoms with Gasteiger partial charge in [-0.2, -0.15) is 5.26 Å². The minimum Gasteiger partial charge on any atom is -0.353 e. The lowest BCUT2D eigenvalue weighted by atomic mass is 10.1. The van der Waals surface area contributed by atoms with Gasteiger partial charge in [0.1, 0.15) is 6.07 Å². The maximum Gasteiger partial charge on any atom is 0.101 e. The molecule has 0 amide bonds. The van der Waals surface area contributed by atoms with Gasteiger partial charge in [0.25, 0.3) is 0 Å². The predicted molar refractivity (Wildman–Crippen MR) is 86.1 cm³/mol. The second-order valence-corrected chi connectivity index (χ2v) is 5.39. The fourth-order valence-electron chi connectivity index (χ4n) is 2.28. The third-order valence-electron chi connectivity index (χ3n) is 3.43. The maximum atomic E-state index is 9.35. The van der Waals surface area contributed by atoms with Gasteiger partial charge < -0.3 is 4.98 Å². The summed E-state index contributed by atoms with van der Waals surface area (Å²) < 4.78 is 0. The first-order chi connectivity index (χ1) is 10.2. The molecule has 0 unspecified atom stereocenters. The minimum atomic E-state index is 0.642. The van der Waals surface area contributed by atoms with Gasteiger partial charge in [0.2, 0.25) is 0 Å². The molecule has 2 aromatic carbocycles. The van der Waals surface area contributed by atoms with E-state index in [0.717, 1.165) is 22.5 Å². The monoisotopic (exact) mass is 292 g/mol. The highest BCUT2D eigenvalue weighted by Crippen LogP contribution is 2.29. The molecular weight excluding hydrogens is 280 g/mol. The largest absolute Gasteiger partial charge is 0.353 e. The van der Waals surface area contributed by atoms with E-state index in [2.05, 4.69) is 11.1 Å². The van der Waals surface area contributed by atoms with Gasteiger partial charge in [-0.05, 0) is 36.2 Å². The van der Waals surface area contributed by atoms with Crippen LogP contribution in [0.2, 0.25) is 5.02 Å². The van der Waals surface area contributed by atoms with E-state index in [1.54, 1.807) is 0 Å². The molecule has 0 radical (unpaired) electrons. The topological polar surface area (TPSA) is 39.6 Å². The van der Waals surface area contributed by atoms with Gasteiger partial charge in [0, 0.05) is 10.7 Å². The quantitative estimate of drug-likeness (QED) is 0.694. The smallest absolute Gasteiger partial charge is 0.101 e. The SMILES string of the molecule is Cc1ccc(-c2[nH]c(-c3ccc(Cl)cc3)cc2C#N)cc1. The number of halogens is 1. The molecular formula is C18H13ClN2. The van der Waals surface area contributed by atoms with Crippen molar-refractivity contribution in [3.8, 4) is 28.6 Å². The number of hydrogen-bond acceptors (Lipinski definition) is 1. The van der Waals surface area contributed by atoms with Crippen LogP contribution in [-0.4, -0.2) is 4.98 Å². The van der Waals surface area contributed by atoms with Crippen LogP contribution in [0.5, 0.6) is 0 Å². The number of rotatable bonds is 2. The van der Waals surface area contributed by atoms with Crippen LogP contribution in [0.3, 0.4) is 0 Å². The van der Waals surface area contributed by atoms with E-state index in [-0.39, 0.29) is 0 Å². The van der Waals surface area contributed by atoms with E-state index in [1.807, 2.05) is 61.5 Å². The molecule has 0 fully saturated rings. The van der Waals surface area contributed by atoms with Crippen molar-refractivity contribution < 1.29 is 0 Å². The average molecular weight is 293 g/mol. The molecule has 3 aromatic rings. The summed E-state index contributed by atoms with van der Waals surface area (Å²) in [7, 11) is 0. The molecule has 1 N–H and O–H groups in total. The van der Waals surface area contributed by atoms with Crippen LogP contribution in [0.15, 0.2) is 54.6 Å². The van der Waals surface area contributed by atoms with Crippen molar-refractivity contribution in [3.05, 3.63) is 70.7 Å². The summed E-state index contributed by atoms with van der Waals surface area (Å²) in [5.41, 5.74) is 5.62. The number of aryl methyl sites for hydroxylation is 1. The van der Waals surface area contributed by atoms with Crippen LogP contribution in [0.4, 0.5) is 0 Å². The van der Waals surface area contributed by atoms with Crippen LogP contribution in [-0.2, 0) is 0 Å². The Kier molecular flexibility index (Phi) is 3.51. The number of aromatic amines is 1. The van der Waals surface area contributed by atoms with E-state index < -0.39 is 0 Å². The van der Waals surface area contributed by atoms with Crippen molar-refractivity contribution in [3.63, 3.8) is 0 Å². The highest BCUT2D eigenvalue weighted by atomic mass is 35.5. The summed E-state index contributed by atoms with van der Waals surface area (Å²) >= 11 is 5.91. The van der Waals surface area contributed by atoms with Crippen LogP contribution in [0.1, 0.15) is 11.1 Å². The van der Waals surface area contributed by atoms with Crippen molar-refractivity contribution >= 4 is 11.6 Å². The van der Waals surface area contributed by atoms with Gasteiger partial charge in [-0.1, -0.05) is 53.6 Å². The lowest BCUT2D eigenvalue weighted by Crippen LogP contribution is -1.82. The molecule has 3 heteroatoms. The standard InChI is InChI=1S/C18H13ClN2/c1-12-2-4-14(5-3-12)18-15(11-20)10-17(21-18)13-6-8-16(19)9-7-13/h2-10,21H,1H3. The molecule has 0 spiro atoms. The minimum absolute atomic E-state index is 0.642. The van der Waals surface area contributed by atoms with Crippen LogP contribution >= 0.6 is 11.6 Å². The lowest BCUT2D eigenvalue weighted by Gasteiger charge is -2.01. The lowest BCUT2D eigenvalue weighted by molar-refractivity contribution is 1.37. The van der Waals surface area contributed by atoms with Crippen LogP contribution in [0.25, 0.3) is 22.5 Å². The van der Waals surface area contributed by atoms with E-state index in [0.29, 0.717) is 10.6 Å². The molecule has 0 aliphatic rings. The summed E-state index contributed by atoms with van der Waals surface area (Å²) in [6.07, 6.45) is 0. The Hall–Kier alpha value is -2.50. The van der Waals surface area contributed by atoms with Crippen molar-refractivity contribution in [1.82, 2.24) is 4.98 Å². The van der Waals surface area contributed by atoms with Crippen molar-refractivity contribution in [2.75, 3.05) is 0 Å². The second-order valence-electron chi connectivity index (χ2n) is 4.96. The number of nitrogens with one attached hydrogen (secondary N) is 1. The number of nitrogens with zero attached hydrogens (tertiary/aromatic N) is 1. The summed E-state index contributed by atoms with van der Waals surface area (Å²) in [4.78, 5) is 3.34. The molecule has 21 heavy (non-hydrogen) atoms. The Morgan fingerprint density at radius 2 is 1.57 bits per heavy atom. The molecule has 1 heterocycles. The summed E-state index contributed by atoms with van der Waals surface area (Å²) in [6, 6.07) is 19.8. The van der Waals surface area contributed by atoms with Crippen LogP contribution < -0.4 is 0 Å². The highest BCUT2D eigenvalue weighted by molar-refractivity contribution is 6.30. The van der Waals surface area contributed by atoms with E-state index in [9.17, 15) is 5.26 Å². The molecule has 0 saturated carbocycles. The predicted octanol–water partition coefficient (Wildman–Crippen LogP) is 5.18. The van der Waals surface area contributed by atoms with Crippen molar-refractivity contribution in [2.24, 2.45) is 0 Å². The third kappa shape index (κ3) is 2.69. The van der Waals surface area contributed by atoms with Gasteiger partial charge in [-0.3, -0.25) is 0 Å². The fourth-order valence-corrected chi connectivity index (χ4v) is 2.40. The second kappa shape index (κ2) is 5.47. The van der Waals surface area contributed by atoms with E-state index >= 15 is 0 Å². The number of nitriles is 1. The molecule has 0 saturated heterocycles. The van der Waals surface area contributed by atoms with Gasteiger partial charge in [0.05, 0.1) is 11.3 Å². The molecule has 0 aliphatic carbocycles. The number of hydrogen-bond donors (Lipinski definition) is 1. The Morgan fingerprint density at radius 3 is 2.19 bits per heavy atom. The molecule has 0 aliphatic heterocycles. The Labute approximate surface area is 128 Å². The van der Waals surface area contributed by atoms with Gasteiger partial charge in [-0.15, -0.1) is 0 Å². The summed E-state index contributed by atoms with van der Waals surface area (Å²) in [5, 5.41) is 10.0. The zero-order valence-electron chi connectivity index (χ0n) is 11.5. The summed E-state index contributed by atoms with van der Waals surface area (Å²) in [6.45, 7) is 2.04. The first kappa shape index (κ1) is 13.5. The fraction of sp³-hybridized carbons (Fsp3) is 0.0556. The molecule has 3 rings (SSSR count). The summed E-state index contributed by atoms with van der Waals surface area (Å²) in [5.74, 6) is 0.